The lowest BCUT2D eigenvalue weighted by atomic mass is 9.78. The zero-order valence-corrected chi connectivity index (χ0v) is 22.9. The highest BCUT2D eigenvalue weighted by molar-refractivity contribution is 5.23. The molecule has 196 valence electrons. The first-order valence-electron chi connectivity index (χ1n) is 14.7. The molecule has 1 saturated carbocycles. The van der Waals surface area contributed by atoms with Crippen molar-refractivity contribution in [2.24, 2.45) is 11.8 Å². The summed E-state index contributed by atoms with van der Waals surface area (Å²) in [7, 11) is 0. The largest absolute Gasteiger partial charge is 0.373 e. The van der Waals surface area contributed by atoms with Crippen molar-refractivity contribution in [2.45, 2.75) is 103 Å². The average molecular weight is 487 g/mol. The van der Waals surface area contributed by atoms with E-state index in [4.69, 9.17) is 4.74 Å². The van der Waals surface area contributed by atoms with Crippen molar-refractivity contribution in [1.82, 2.24) is 0 Å². The fraction of sp³-hybridized carbons (Fsp3) is 0.543. The zero-order valence-electron chi connectivity index (χ0n) is 22.9. The Hall–Kier alpha value is -2.12. The molecule has 0 unspecified atom stereocenters. The van der Waals surface area contributed by atoms with Gasteiger partial charge in [0.25, 0.3) is 0 Å². The van der Waals surface area contributed by atoms with E-state index in [1.807, 2.05) is 19.1 Å². The van der Waals surface area contributed by atoms with E-state index < -0.39 is 0 Å². The molecule has 0 N–H and O–H groups in total. The Morgan fingerprint density at radius 1 is 0.694 bits per heavy atom. The lowest BCUT2D eigenvalue weighted by molar-refractivity contribution is 0.148. The Morgan fingerprint density at radius 3 is 1.67 bits per heavy atom. The van der Waals surface area contributed by atoms with Gasteiger partial charge in [-0.25, -0.2) is 0 Å². The van der Waals surface area contributed by atoms with Crippen LogP contribution in [0.25, 0.3) is 0 Å². The van der Waals surface area contributed by atoms with Crippen LogP contribution >= 0.6 is 0 Å². The van der Waals surface area contributed by atoms with Crippen molar-refractivity contribution in [2.75, 3.05) is 6.61 Å². The third-order valence-corrected chi connectivity index (χ3v) is 8.02. The second kappa shape index (κ2) is 17.4. The molecule has 0 saturated heterocycles. The molecule has 3 rings (SSSR count). The van der Waals surface area contributed by atoms with Gasteiger partial charge in [0.05, 0.1) is 13.2 Å². The summed E-state index contributed by atoms with van der Waals surface area (Å²) in [6.07, 6.45) is 24.8. The van der Waals surface area contributed by atoms with E-state index >= 15 is 0 Å². The van der Waals surface area contributed by atoms with E-state index in [0.29, 0.717) is 13.2 Å². The van der Waals surface area contributed by atoms with Crippen LogP contribution in [0.5, 0.6) is 0 Å². The smallest absolute Gasteiger partial charge is 0.0721 e. The summed E-state index contributed by atoms with van der Waals surface area (Å²) in [5, 5.41) is 0. The van der Waals surface area contributed by atoms with Crippen LogP contribution in [-0.4, -0.2) is 6.61 Å². The Morgan fingerprint density at radius 2 is 1.17 bits per heavy atom. The molecule has 0 heterocycles. The SMILES string of the molecule is C=CCC[C@H]1CC[C@H](CCCCc2ccc(CCCCc3ccc(COC/C=C/C)cc3)cc2)CC1. The summed E-state index contributed by atoms with van der Waals surface area (Å²) < 4.78 is 5.63. The van der Waals surface area contributed by atoms with Gasteiger partial charge in [-0.3, -0.25) is 0 Å². The van der Waals surface area contributed by atoms with Gasteiger partial charge in [0.2, 0.25) is 0 Å². The van der Waals surface area contributed by atoms with Gasteiger partial charge in [-0.1, -0.05) is 105 Å². The normalized spacial score (nSPS) is 18.0. The predicted molar refractivity (Wildman–Crippen MR) is 156 cm³/mol. The van der Waals surface area contributed by atoms with Crippen LogP contribution in [-0.2, 0) is 30.6 Å². The van der Waals surface area contributed by atoms with E-state index in [-0.39, 0.29) is 0 Å². The third-order valence-electron chi connectivity index (χ3n) is 8.02. The summed E-state index contributed by atoms with van der Waals surface area (Å²) in [6, 6.07) is 18.4. The molecule has 2 aromatic rings. The highest BCUT2D eigenvalue weighted by atomic mass is 16.5. The fourth-order valence-corrected chi connectivity index (χ4v) is 5.60. The number of aryl methyl sites for hydroxylation is 3. The van der Waals surface area contributed by atoms with Gasteiger partial charge in [-0.2, -0.15) is 0 Å². The Balaban J connectivity index is 1.23. The molecule has 36 heavy (non-hydrogen) atoms. The topological polar surface area (TPSA) is 9.23 Å². The summed E-state index contributed by atoms with van der Waals surface area (Å²) in [6.45, 7) is 7.28. The Kier molecular flexibility index (Phi) is 13.7. The monoisotopic (exact) mass is 486 g/mol. The van der Waals surface area contributed by atoms with Crippen LogP contribution in [0.3, 0.4) is 0 Å². The van der Waals surface area contributed by atoms with E-state index in [2.05, 4.69) is 61.2 Å². The summed E-state index contributed by atoms with van der Waals surface area (Å²) in [4.78, 5) is 0. The quantitative estimate of drug-likeness (QED) is 0.160. The van der Waals surface area contributed by atoms with Gasteiger partial charge in [0.1, 0.15) is 0 Å². The van der Waals surface area contributed by atoms with Crippen molar-refractivity contribution in [3.63, 3.8) is 0 Å². The van der Waals surface area contributed by atoms with Crippen LogP contribution in [0.15, 0.2) is 73.3 Å². The van der Waals surface area contributed by atoms with E-state index in [0.717, 1.165) is 18.3 Å². The molecule has 1 aliphatic rings. The minimum atomic E-state index is 0.692. The minimum absolute atomic E-state index is 0.692. The maximum absolute atomic E-state index is 5.63. The van der Waals surface area contributed by atoms with Crippen molar-refractivity contribution in [3.05, 3.63) is 95.6 Å². The van der Waals surface area contributed by atoms with E-state index in [1.165, 1.54) is 106 Å². The van der Waals surface area contributed by atoms with Crippen molar-refractivity contribution in [3.8, 4) is 0 Å². The second-order valence-corrected chi connectivity index (χ2v) is 10.9. The van der Waals surface area contributed by atoms with Crippen LogP contribution in [0.4, 0.5) is 0 Å². The highest BCUT2D eigenvalue weighted by Crippen LogP contribution is 2.34. The number of ether oxygens (including phenoxy) is 1. The molecular formula is C35H50O. The molecule has 0 amide bonds. The van der Waals surface area contributed by atoms with Gasteiger partial charge >= 0.3 is 0 Å². The van der Waals surface area contributed by atoms with Gasteiger partial charge in [-0.15, -0.1) is 6.58 Å². The van der Waals surface area contributed by atoms with E-state index in [1.54, 1.807) is 0 Å². The highest BCUT2D eigenvalue weighted by Gasteiger charge is 2.20. The van der Waals surface area contributed by atoms with Gasteiger partial charge < -0.3 is 4.74 Å². The molecular weight excluding hydrogens is 436 g/mol. The van der Waals surface area contributed by atoms with Crippen LogP contribution < -0.4 is 0 Å². The molecule has 1 fully saturated rings. The second-order valence-electron chi connectivity index (χ2n) is 10.9. The number of unbranched alkanes of at least 4 members (excludes halogenated alkanes) is 2. The summed E-state index contributed by atoms with van der Waals surface area (Å²) in [5.74, 6) is 1.97. The van der Waals surface area contributed by atoms with Crippen molar-refractivity contribution < 1.29 is 4.74 Å². The first-order valence-corrected chi connectivity index (χ1v) is 14.7. The Bertz CT molecular complexity index is 853. The van der Waals surface area contributed by atoms with Crippen LogP contribution in [0, 0.1) is 11.8 Å². The number of hydrogen-bond donors (Lipinski definition) is 0. The van der Waals surface area contributed by atoms with Crippen LogP contribution in [0.2, 0.25) is 0 Å². The molecule has 0 aromatic heterocycles. The fourth-order valence-electron chi connectivity index (χ4n) is 5.60. The molecule has 2 aromatic carbocycles. The number of allylic oxidation sites excluding steroid dienone is 2. The first-order chi connectivity index (χ1) is 17.8. The third kappa shape index (κ3) is 11.3. The lowest BCUT2D eigenvalue weighted by Gasteiger charge is -2.28. The van der Waals surface area contributed by atoms with Crippen LogP contribution in [0.1, 0.15) is 99.8 Å². The molecule has 1 aliphatic carbocycles. The standard InChI is InChI=1S/C35H50O/c1-3-5-11-30-16-18-31(19-17-30)12-7-8-13-32-20-22-33(23-21-32)14-9-10-15-34-24-26-35(27-25-34)29-36-28-6-4-2/h3-4,6,20-27,30-31H,1,5,7-19,28-29H2,2H3/b6-4+/t30-,31-. The maximum atomic E-state index is 5.63. The van der Waals surface area contributed by atoms with Crippen molar-refractivity contribution >= 4 is 0 Å². The number of rotatable bonds is 17. The summed E-state index contributed by atoms with van der Waals surface area (Å²) in [5.41, 5.74) is 5.69. The predicted octanol–water partition coefficient (Wildman–Crippen LogP) is 9.83. The average Bonchev–Trinajstić information content (AvgIpc) is 2.92. The van der Waals surface area contributed by atoms with Crippen molar-refractivity contribution in [1.29, 1.82) is 0 Å². The molecule has 0 radical (unpaired) electrons. The first kappa shape index (κ1) is 28.5. The van der Waals surface area contributed by atoms with E-state index in [9.17, 15) is 0 Å². The molecule has 0 spiro atoms. The summed E-state index contributed by atoms with van der Waals surface area (Å²) >= 11 is 0. The maximum Gasteiger partial charge on any atom is 0.0721 e. The minimum Gasteiger partial charge on any atom is -0.373 e. The lowest BCUT2D eigenvalue weighted by Crippen LogP contribution is -2.14. The molecule has 0 aliphatic heterocycles. The van der Waals surface area contributed by atoms with Gasteiger partial charge in [0, 0.05) is 0 Å². The Labute approximate surface area is 222 Å². The molecule has 0 atom stereocenters. The number of hydrogen-bond acceptors (Lipinski definition) is 1. The molecule has 1 heteroatoms. The van der Waals surface area contributed by atoms with Gasteiger partial charge in [-0.05, 0) is 92.4 Å². The van der Waals surface area contributed by atoms with Gasteiger partial charge in [0.15, 0.2) is 0 Å². The molecule has 0 bridgehead atoms. The number of benzene rings is 2. The molecule has 1 nitrogen and oxygen atoms in total. The zero-order chi connectivity index (χ0) is 25.3.